The van der Waals surface area contributed by atoms with Gasteiger partial charge in [0, 0.05) is 12.4 Å². The fourth-order valence-electron chi connectivity index (χ4n) is 1.02. The van der Waals surface area contributed by atoms with Crippen molar-refractivity contribution in [2.75, 3.05) is 24.7 Å². The maximum Gasteiger partial charge on any atom is 0.324 e. The molecule has 0 spiro atoms. The summed E-state index contributed by atoms with van der Waals surface area (Å²) in [6.45, 7) is 4.38. The first-order valence-corrected chi connectivity index (χ1v) is 5.89. The molecule has 0 aromatic rings. The highest BCUT2D eigenvalue weighted by molar-refractivity contribution is 7.99. The summed E-state index contributed by atoms with van der Waals surface area (Å²) in [5, 5.41) is 20.5. The number of carbonyl (C=O) groups is 1. The van der Waals surface area contributed by atoms with Gasteiger partial charge in [-0.15, -0.1) is 0 Å². The number of carboxylic acid groups (broad SMARTS) is 1. The minimum Gasteiger partial charge on any atom is -0.480 e. The van der Waals surface area contributed by atoms with Crippen LogP contribution in [0.4, 0.5) is 0 Å². The third-order valence-electron chi connectivity index (χ3n) is 1.88. The number of thioether (sulfide) groups is 1. The summed E-state index contributed by atoms with van der Waals surface area (Å²) in [7, 11) is 0. The summed E-state index contributed by atoms with van der Waals surface area (Å²) < 4.78 is 0. The zero-order valence-corrected chi connectivity index (χ0v) is 9.56. The molecule has 0 aromatic heterocycles. The van der Waals surface area contributed by atoms with Crippen LogP contribution in [0.1, 0.15) is 20.3 Å². The van der Waals surface area contributed by atoms with Gasteiger partial charge < -0.3 is 15.5 Å². The van der Waals surface area contributed by atoms with E-state index < -0.39 is 11.5 Å². The van der Waals surface area contributed by atoms with Gasteiger partial charge in [0.1, 0.15) is 5.54 Å². The summed E-state index contributed by atoms with van der Waals surface area (Å²) >= 11 is 1.55. The van der Waals surface area contributed by atoms with Gasteiger partial charge in [0.05, 0.1) is 0 Å². The van der Waals surface area contributed by atoms with Crippen LogP contribution >= 0.6 is 11.8 Å². The van der Waals surface area contributed by atoms with Crippen LogP contribution in [0.3, 0.4) is 0 Å². The zero-order chi connectivity index (χ0) is 11.0. The van der Waals surface area contributed by atoms with Crippen molar-refractivity contribution in [1.29, 1.82) is 0 Å². The third-order valence-corrected chi connectivity index (χ3v) is 3.24. The van der Waals surface area contributed by atoms with Gasteiger partial charge >= 0.3 is 5.97 Å². The average molecular weight is 221 g/mol. The predicted molar refractivity (Wildman–Crippen MR) is 58.7 cm³/mol. The molecule has 0 saturated carbocycles. The molecular formula is C9H19NO3S. The minimum absolute atomic E-state index is 0.165. The van der Waals surface area contributed by atoms with Crippen LogP contribution < -0.4 is 5.32 Å². The smallest absolute Gasteiger partial charge is 0.324 e. The second-order valence-electron chi connectivity index (χ2n) is 3.30. The molecule has 0 aromatic carbocycles. The van der Waals surface area contributed by atoms with Gasteiger partial charge in [-0.3, -0.25) is 4.79 Å². The van der Waals surface area contributed by atoms with Crippen LogP contribution in [0, 0.1) is 0 Å². The number of aliphatic carboxylic acids is 1. The molecule has 1 unspecified atom stereocenters. The molecule has 84 valence electrons. The SMILES string of the molecule is CCNC(C)(CSCCCO)C(=O)O. The summed E-state index contributed by atoms with van der Waals surface area (Å²) in [4.78, 5) is 10.9. The largest absolute Gasteiger partial charge is 0.480 e. The van der Waals surface area contributed by atoms with E-state index in [0.717, 1.165) is 5.75 Å². The number of hydrogen-bond donors (Lipinski definition) is 3. The number of rotatable bonds is 8. The van der Waals surface area contributed by atoms with Gasteiger partial charge in [0.15, 0.2) is 0 Å². The number of aliphatic hydroxyl groups is 1. The molecule has 0 radical (unpaired) electrons. The summed E-state index contributed by atoms with van der Waals surface area (Å²) in [6.07, 6.45) is 0.715. The molecule has 5 heteroatoms. The Balaban J connectivity index is 3.90. The van der Waals surface area contributed by atoms with E-state index in [1.54, 1.807) is 18.7 Å². The Bertz CT molecular complexity index is 177. The van der Waals surface area contributed by atoms with E-state index in [0.29, 0.717) is 18.7 Å². The number of carboxylic acids is 1. The lowest BCUT2D eigenvalue weighted by atomic mass is 10.1. The number of hydrogen-bond acceptors (Lipinski definition) is 4. The molecule has 3 N–H and O–H groups in total. The lowest BCUT2D eigenvalue weighted by molar-refractivity contribution is -0.143. The van der Waals surface area contributed by atoms with E-state index in [9.17, 15) is 4.79 Å². The van der Waals surface area contributed by atoms with E-state index in [1.165, 1.54) is 0 Å². The van der Waals surface area contributed by atoms with Crippen LogP contribution in [-0.2, 0) is 4.79 Å². The van der Waals surface area contributed by atoms with Crippen LogP contribution in [0.2, 0.25) is 0 Å². The second kappa shape index (κ2) is 7.09. The third kappa shape index (κ3) is 4.83. The lowest BCUT2D eigenvalue weighted by Crippen LogP contribution is -2.51. The van der Waals surface area contributed by atoms with E-state index >= 15 is 0 Å². The van der Waals surface area contributed by atoms with E-state index in [4.69, 9.17) is 10.2 Å². The van der Waals surface area contributed by atoms with Crippen molar-refractivity contribution >= 4 is 17.7 Å². The fourth-order valence-corrected chi connectivity index (χ4v) is 2.13. The molecule has 0 aliphatic heterocycles. The van der Waals surface area contributed by atoms with E-state index in [-0.39, 0.29) is 6.61 Å². The molecular weight excluding hydrogens is 202 g/mol. The Kier molecular flexibility index (Phi) is 6.96. The number of aliphatic hydroxyl groups excluding tert-OH is 1. The van der Waals surface area contributed by atoms with Gasteiger partial charge in [-0.1, -0.05) is 6.92 Å². The van der Waals surface area contributed by atoms with Crippen LogP contribution in [-0.4, -0.2) is 46.4 Å². The molecule has 0 heterocycles. The van der Waals surface area contributed by atoms with Gasteiger partial charge in [0.25, 0.3) is 0 Å². The summed E-state index contributed by atoms with van der Waals surface area (Å²) in [6, 6.07) is 0. The van der Waals surface area contributed by atoms with Crippen LogP contribution in [0.15, 0.2) is 0 Å². The van der Waals surface area contributed by atoms with E-state index in [1.807, 2.05) is 6.92 Å². The Hall–Kier alpha value is -0.260. The highest BCUT2D eigenvalue weighted by Crippen LogP contribution is 2.14. The summed E-state index contributed by atoms with van der Waals surface area (Å²) in [5.74, 6) is 0.497. The Morgan fingerprint density at radius 2 is 2.21 bits per heavy atom. The van der Waals surface area contributed by atoms with Crippen LogP contribution in [0.25, 0.3) is 0 Å². The van der Waals surface area contributed by atoms with Crippen molar-refractivity contribution in [2.45, 2.75) is 25.8 Å². The first-order chi connectivity index (χ1) is 6.56. The lowest BCUT2D eigenvalue weighted by Gasteiger charge is -2.25. The Morgan fingerprint density at radius 1 is 1.57 bits per heavy atom. The highest BCUT2D eigenvalue weighted by atomic mass is 32.2. The van der Waals surface area contributed by atoms with Crippen molar-refractivity contribution < 1.29 is 15.0 Å². The molecule has 0 saturated heterocycles. The number of nitrogens with one attached hydrogen (secondary N) is 1. The normalized spacial score (nSPS) is 15.1. The first-order valence-electron chi connectivity index (χ1n) is 4.74. The maximum absolute atomic E-state index is 10.9. The van der Waals surface area contributed by atoms with Gasteiger partial charge in [0.2, 0.25) is 0 Å². The monoisotopic (exact) mass is 221 g/mol. The predicted octanol–water partition coefficient (Wildman–Crippen LogP) is 0.555. The molecule has 0 rings (SSSR count). The van der Waals surface area contributed by atoms with Gasteiger partial charge in [-0.2, -0.15) is 11.8 Å². The van der Waals surface area contributed by atoms with Crippen molar-refractivity contribution in [2.24, 2.45) is 0 Å². The topological polar surface area (TPSA) is 69.6 Å². The molecule has 1 atom stereocenters. The first kappa shape index (κ1) is 13.7. The van der Waals surface area contributed by atoms with Crippen molar-refractivity contribution in [3.05, 3.63) is 0 Å². The van der Waals surface area contributed by atoms with Gasteiger partial charge in [-0.25, -0.2) is 0 Å². The standard InChI is InChI=1S/C9H19NO3S/c1-3-10-9(2,8(12)13)7-14-6-4-5-11/h10-11H,3-7H2,1-2H3,(H,12,13). The Morgan fingerprint density at radius 3 is 2.64 bits per heavy atom. The van der Waals surface area contributed by atoms with Gasteiger partial charge in [-0.05, 0) is 25.6 Å². The molecule has 14 heavy (non-hydrogen) atoms. The molecule has 0 bridgehead atoms. The van der Waals surface area contributed by atoms with Crippen molar-refractivity contribution in [1.82, 2.24) is 5.32 Å². The van der Waals surface area contributed by atoms with Crippen molar-refractivity contribution in [3.8, 4) is 0 Å². The quantitative estimate of drug-likeness (QED) is 0.522. The van der Waals surface area contributed by atoms with Crippen molar-refractivity contribution in [3.63, 3.8) is 0 Å². The average Bonchev–Trinajstić information content (AvgIpc) is 2.13. The minimum atomic E-state index is -0.852. The van der Waals surface area contributed by atoms with Crippen LogP contribution in [0.5, 0.6) is 0 Å². The highest BCUT2D eigenvalue weighted by Gasteiger charge is 2.31. The summed E-state index contributed by atoms with van der Waals surface area (Å²) in [5.41, 5.74) is -0.852. The molecule has 0 aliphatic rings. The number of likely N-dealkylation sites (N-methyl/N-ethyl adjacent to an activating group) is 1. The molecule has 0 amide bonds. The fraction of sp³-hybridized carbons (Fsp3) is 0.889. The maximum atomic E-state index is 10.9. The zero-order valence-electron chi connectivity index (χ0n) is 8.75. The molecule has 0 aliphatic carbocycles. The molecule has 4 nitrogen and oxygen atoms in total. The second-order valence-corrected chi connectivity index (χ2v) is 4.40. The van der Waals surface area contributed by atoms with E-state index in [2.05, 4.69) is 5.32 Å². The molecule has 0 fully saturated rings. The Labute approximate surface area is 89.1 Å².